The molecule has 0 nitrogen and oxygen atoms in total. The van der Waals surface area contributed by atoms with Gasteiger partial charge >= 0.3 is 136 Å². The molecule has 2 aromatic rings. The molecular formula is C20H26Se. The second kappa shape index (κ2) is 5.99. The molecule has 2 rings (SSSR count). The van der Waals surface area contributed by atoms with Crippen molar-refractivity contribution in [1.82, 2.24) is 0 Å². The van der Waals surface area contributed by atoms with Crippen molar-refractivity contribution in [2.45, 2.75) is 52.4 Å². The van der Waals surface area contributed by atoms with Crippen LogP contribution in [0.25, 0.3) is 0 Å². The van der Waals surface area contributed by atoms with Crippen LogP contribution in [0.5, 0.6) is 0 Å². The van der Waals surface area contributed by atoms with Crippen molar-refractivity contribution in [2.75, 3.05) is 0 Å². The molecule has 0 aliphatic carbocycles. The van der Waals surface area contributed by atoms with Crippen molar-refractivity contribution in [3.63, 3.8) is 0 Å². The number of rotatable bonds is 2. The molecule has 0 bridgehead atoms. The second-order valence-electron chi connectivity index (χ2n) is 7.59. The molecule has 0 heterocycles. The van der Waals surface area contributed by atoms with E-state index in [-0.39, 0.29) is 10.8 Å². The quantitative estimate of drug-likeness (QED) is 0.724. The summed E-state index contributed by atoms with van der Waals surface area (Å²) in [5.41, 5.74) is 3.37. The van der Waals surface area contributed by atoms with Gasteiger partial charge in [0.2, 0.25) is 0 Å². The Kier molecular flexibility index (Phi) is 4.66. The Labute approximate surface area is 136 Å². The topological polar surface area (TPSA) is 0 Å². The third-order valence-corrected chi connectivity index (χ3v) is 6.03. The summed E-state index contributed by atoms with van der Waals surface area (Å²) in [7, 11) is 0. The maximum atomic E-state index is 2.31. The van der Waals surface area contributed by atoms with Gasteiger partial charge in [0, 0.05) is 0 Å². The van der Waals surface area contributed by atoms with Gasteiger partial charge in [0.25, 0.3) is 0 Å². The predicted octanol–water partition coefficient (Wildman–Crippen LogP) is 3.94. The first-order chi connectivity index (χ1) is 9.69. The van der Waals surface area contributed by atoms with Crippen molar-refractivity contribution in [3.8, 4) is 0 Å². The summed E-state index contributed by atoms with van der Waals surface area (Å²) in [6.45, 7) is 13.8. The predicted molar refractivity (Wildman–Crippen MR) is 95.3 cm³/mol. The summed E-state index contributed by atoms with van der Waals surface area (Å²) in [5.74, 6) is 0. The van der Waals surface area contributed by atoms with E-state index in [9.17, 15) is 0 Å². The Morgan fingerprint density at radius 3 is 1.24 bits per heavy atom. The van der Waals surface area contributed by atoms with Gasteiger partial charge in [0.15, 0.2) is 0 Å². The Morgan fingerprint density at radius 1 is 0.571 bits per heavy atom. The van der Waals surface area contributed by atoms with Crippen LogP contribution < -0.4 is 8.92 Å². The van der Waals surface area contributed by atoms with Gasteiger partial charge in [-0.2, -0.15) is 0 Å². The summed E-state index contributed by atoms with van der Waals surface area (Å²) in [5, 5.41) is 0. The molecule has 2 aromatic carbocycles. The van der Waals surface area contributed by atoms with Gasteiger partial charge in [-0.05, 0) is 0 Å². The van der Waals surface area contributed by atoms with E-state index >= 15 is 0 Å². The van der Waals surface area contributed by atoms with Crippen LogP contribution in [0.2, 0.25) is 0 Å². The van der Waals surface area contributed by atoms with Gasteiger partial charge < -0.3 is 0 Å². The van der Waals surface area contributed by atoms with Crippen molar-refractivity contribution in [1.29, 1.82) is 0 Å². The monoisotopic (exact) mass is 346 g/mol. The first kappa shape index (κ1) is 16.3. The number of hydrogen-bond donors (Lipinski definition) is 0. The van der Waals surface area contributed by atoms with Gasteiger partial charge in [-0.3, -0.25) is 0 Å². The molecule has 0 saturated heterocycles. The molecule has 0 unspecified atom stereocenters. The first-order valence-electron chi connectivity index (χ1n) is 7.56. The fraction of sp³-hybridized carbons (Fsp3) is 0.400. The molecular weight excluding hydrogens is 319 g/mol. The standard InChI is InChI=1S/C20H26Se/c1-19(2,3)15-11-7-9-13-17(15)21-18-14-10-8-12-16(18)20(4,5)6/h7-14H,1-6H3. The third kappa shape index (κ3) is 3.99. The number of hydrogen-bond acceptors (Lipinski definition) is 0. The van der Waals surface area contributed by atoms with E-state index in [0.29, 0.717) is 15.0 Å². The molecule has 0 fully saturated rings. The first-order valence-corrected chi connectivity index (χ1v) is 9.28. The Bertz CT molecular complexity index is 557. The Balaban J connectivity index is 2.45. The molecule has 0 atom stereocenters. The molecule has 1 heteroatoms. The molecule has 0 N–H and O–H groups in total. The van der Waals surface area contributed by atoms with Crippen LogP contribution in [0.3, 0.4) is 0 Å². The molecule has 21 heavy (non-hydrogen) atoms. The molecule has 0 radical (unpaired) electrons. The number of benzene rings is 2. The average molecular weight is 345 g/mol. The van der Waals surface area contributed by atoms with Crippen molar-refractivity contribution >= 4 is 23.9 Å². The molecule has 0 aromatic heterocycles. The summed E-state index contributed by atoms with van der Waals surface area (Å²) >= 11 is 0.355. The normalized spacial score (nSPS) is 12.5. The SMILES string of the molecule is CC(C)(C)c1ccccc1[Se]c1ccccc1C(C)(C)C. The van der Waals surface area contributed by atoms with Crippen molar-refractivity contribution in [3.05, 3.63) is 59.7 Å². The van der Waals surface area contributed by atoms with Gasteiger partial charge in [-0.15, -0.1) is 0 Å². The minimum atomic E-state index is 0.203. The summed E-state index contributed by atoms with van der Waals surface area (Å²) in [4.78, 5) is 0. The van der Waals surface area contributed by atoms with E-state index in [4.69, 9.17) is 0 Å². The zero-order valence-corrected chi connectivity index (χ0v) is 15.7. The molecule has 0 saturated carbocycles. The second-order valence-corrected chi connectivity index (χ2v) is 9.87. The fourth-order valence-corrected chi connectivity index (χ4v) is 5.61. The summed E-state index contributed by atoms with van der Waals surface area (Å²) in [6.07, 6.45) is 0. The van der Waals surface area contributed by atoms with Gasteiger partial charge in [0.1, 0.15) is 0 Å². The Hall–Kier alpha value is -1.04. The van der Waals surface area contributed by atoms with E-state index in [2.05, 4.69) is 90.1 Å². The molecule has 112 valence electrons. The van der Waals surface area contributed by atoms with Crippen LogP contribution in [0, 0.1) is 0 Å². The van der Waals surface area contributed by atoms with E-state index in [1.54, 1.807) is 0 Å². The minimum absolute atomic E-state index is 0.203. The average Bonchev–Trinajstić information content (AvgIpc) is 2.37. The van der Waals surface area contributed by atoms with Crippen LogP contribution in [-0.2, 0) is 10.8 Å². The van der Waals surface area contributed by atoms with E-state index in [0.717, 1.165) is 0 Å². The van der Waals surface area contributed by atoms with E-state index in [1.165, 1.54) is 20.1 Å². The van der Waals surface area contributed by atoms with Gasteiger partial charge in [0.05, 0.1) is 0 Å². The molecule has 0 aliphatic rings. The van der Waals surface area contributed by atoms with Crippen LogP contribution in [-0.4, -0.2) is 15.0 Å². The summed E-state index contributed by atoms with van der Waals surface area (Å²) < 4.78 is 3.02. The zero-order chi connectivity index (χ0) is 15.7. The van der Waals surface area contributed by atoms with E-state index in [1.807, 2.05) is 0 Å². The van der Waals surface area contributed by atoms with Crippen LogP contribution >= 0.6 is 0 Å². The van der Waals surface area contributed by atoms with Crippen molar-refractivity contribution < 1.29 is 0 Å². The van der Waals surface area contributed by atoms with Crippen LogP contribution in [0.1, 0.15) is 52.7 Å². The zero-order valence-electron chi connectivity index (χ0n) is 14.0. The third-order valence-electron chi connectivity index (χ3n) is 3.61. The molecule has 0 amide bonds. The van der Waals surface area contributed by atoms with Crippen LogP contribution in [0.4, 0.5) is 0 Å². The van der Waals surface area contributed by atoms with Crippen LogP contribution in [0.15, 0.2) is 48.5 Å². The fourth-order valence-electron chi connectivity index (χ4n) is 2.47. The summed E-state index contributed by atoms with van der Waals surface area (Å²) in [6, 6.07) is 17.9. The van der Waals surface area contributed by atoms with Crippen molar-refractivity contribution in [2.24, 2.45) is 0 Å². The van der Waals surface area contributed by atoms with Gasteiger partial charge in [-0.25, -0.2) is 0 Å². The molecule has 0 spiro atoms. The molecule has 0 aliphatic heterocycles. The van der Waals surface area contributed by atoms with E-state index < -0.39 is 0 Å². The van der Waals surface area contributed by atoms with Gasteiger partial charge in [-0.1, -0.05) is 0 Å². The Morgan fingerprint density at radius 2 is 0.905 bits per heavy atom. The maximum absolute atomic E-state index is 2.31.